The van der Waals surface area contributed by atoms with Crippen LogP contribution in [0, 0.1) is 20.8 Å². The quantitative estimate of drug-likeness (QED) is 0.735. The van der Waals surface area contributed by atoms with Gasteiger partial charge < -0.3 is 16.2 Å². The summed E-state index contributed by atoms with van der Waals surface area (Å²) < 4.78 is 0. The average Bonchev–Trinajstić information content (AvgIpc) is 2.25. The van der Waals surface area contributed by atoms with Gasteiger partial charge in [-0.1, -0.05) is 17.7 Å². The first kappa shape index (κ1) is 15.7. The van der Waals surface area contributed by atoms with Gasteiger partial charge in [-0.25, -0.2) is 4.79 Å². The van der Waals surface area contributed by atoms with E-state index in [-0.39, 0.29) is 0 Å². The van der Waals surface area contributed by atoms with E-state index in [9.17, 15) is 14.4 Å². The van der Waals surface area contributed by atoms with E-state index >= 15 is 0 Å². The van der Waals surface area contributed by atoms with Crippen LogP contribution in [0.15, 0.2) is 12.1 Å². The first-order valence-electron chi connectivity index (χ1n) is 6.12. The zero-order valence-corrected chi connectivity index (χ0v) is 11.7. The summed E-state index contributed by atoms with van der Waals surface area (Å²) in [6.45, 7) is 5.46. The number of carboxylic acids is 1. The van der Waals surface area contributed by atoms with Crippen LogP contribution in [-0.2, 0) is 9.59 Å². The first-order valence-corrected chi connectivity index (χ1v) is 6.12. The third-order valence-corrected chi connectivity index (χ3v) is 2.91. The molecule has 0 saturated carbocycles. The number of nitrogens with two attached hydrogens (primary N) is 1. The molecule has 0 bridgehead atoms. The number of rotatable bonds is 5. The molecule has 1 aromatic rings. The van der Waals surface area contributed by atoms with Crippen molar-refractivity contribution in [1.82, 2.24) is 5.32 Å². The summed E-state index contributed by atoms with van der Waals surface area (Å²) in [4.78, 5) is 34.0. The van der Waals surface area contributed by atoms with Crippen LogP contribution in [0.25, 0.3) is 0 Å². The minimum atomic E-state index is -1.32. The monoisotopic (exact) mass is 278 g/mol. The van der Waals surface area contributed by atoms with Crippen LogP contribution < -0.4 is 11.1 Å². The number of primary amides is 1. The summed E-state index contributed by atoms with van der Waals surface area (Å²) in [5.74, 6) is -2.59. The number of aryl methyl sites for hydroxylation is 3. The van der Waals surface area contributed by atoms with E-state index in [1.807, 2.05) is 19.1 Å². The topological polar surface area (TPSA) is 109 Å². The minimum absolute atomic E-state index is 0.423. The Bertz CT molecular complexity index is 543. The molecule has 108 valence electrons. The van der Waals surface area contributed by atoms with Gasteiger partial charge in [-0.2, -0.15) is 0 Å². The normalized spacial score (nSPS) is 11.8. The number of nitrogens with one attached hydrogen (secondary N) is 1. The van der Waals surface area contributed by atoms with E-state index in [2.05, 4.69) is 5.32 Å². The van der Waals surface area contributed by atoms with Crippen molar-refractivity contribution in [3.8, 4) is 0 Å². The van der Waals surface area contributed by atoms with Gasteiger partial charge in [0.05, 0.1) is 6.42 Å². The third-order valence-electron chi connectivity index (χ3n) is 2.91. The number of hydrogen-bond acceptors (Lipinski definition) is 3. The van der Waals surface area contributed by atoms with Crippen molar-refractivity contribution in [2.45, 2.75) is 33.2 Å². The number of carbonyl (C=O) groups is 3. The van der Waals surface area contributed by atoms with Gasteiger partial charge in [0.2, 0.25) is 5.91 Å². The van der Waals surface area contributed by atoms with Gasteiger partial charge in [-0.15, -0.1) is 0 Å². The molecule has 6 nitrogen and oxygen atoms in total. The highest BCUT2D eigenvalue weighted by atomic mass is 16.4. The van der Waals surface area contributed by atoms with Gasteiger partial charge in [-0.3, -0.25) is 9.59 Å². The second kappa shape index (κ2) is 6.18. The minimum Gasteiger partial charge on any atom is -0.480 e. The van der Waals surface area contributed by atoms with E-state index in [4.69, 9.17) is 10.8 Å². The number of amides is 2. The van der Waals surface area contributed by atoms with Gasteiger partial charge in [0.25, 0.3) is 5.91 Å². The van der Waals surface area contributed by atoms with E-state index in [1.165, 1.54) is 0 Å². The molecule has 0 aliphatic heterocycles. The van der Waals surface area contributed by atoms with Crippen LogP contribution in [0.2, 0.25) is 0 Å². The molecule has 1 aromatic carbocycles. The predicted octanol–water partition coefficient (Wildman–Crippen LogP) is 0.670. The fourth-order valence-electron chi connectivity index (χ4n) is 2.17. The molecule has 2 amide bonds. The molecule has 1 atom stereocenters. The Hall–Kier alpha value is -2.37. The summed E-state index contributed by atoms with van der Waals surface area (Å²) >= 11 is 0. The van der Waals surface area contributed by atoms with Gasteiger partial charge in [0.15, 0.2) is 0 Å². The lowest BCUT2D eigenvalue weighted by Gasteiger charge is -2.16. The molecule has 0 spiro atoms. The Morgan fingerprint density at radius 3 is 2.10 bits per heavy atom. The molecule has 0 aliphatic carbocycles. The summed E-state index contributed by atoms with van der Waals surface area (Å²) in [6.07, 6.45) is -0.439. The van der Waals surface area contributed by atoms with Gasteiger partial charge >= 0.3 is 5.97 Å². The van der Waals surface area contributed by atoms with Crippen LogP contribution in [-0.4, -0.2) is 28.9 Å². The maximum Gasteiger partial charge on any atom is 0.326 e. The lowest BCUT2D eigenvalue weighted by atomic mass is 9.99. The molecule has 6 heteroatoms. The molecule has 0 aromatic heterocycles. The van der Waals surface area contributed by atoms with E-state index in [0.29, 0.717) is 5.56 Å². The third kappa shape index (κ3) is 3.81. The smallest absolute Gasteiger partial charge is 0.326 e. The maximum absolute atomic E-state index is 12.2. The molecule has 0 aliphatic rings. The van der Waals surface area contributed by atoms with Crippen molar-refractivity contribution in [2.75, 3.05) is 0 Å². The number of aliphatic carboxylic acids is 1. The molecular formula is C14H18N2O4. The van der Waals surface area contributed by atoms with Crippen LogP contribution in [0.4, 0.5) is 0 Å². The molecule has 0 radical (unpaired) electrons. The molecular weight excluding hydrogens is 260 g/mol. The predicted molar refractivity (Wildman–Crippen MR) is 73.4 cm³/mol. The lowest BCUT2D eigenvalue weighted by molar-refractivity contribution is -0.140. The molecule has 0 heterocycles. The number of carbonyl (C=O) groups excluding carboxylic acids is 2. The number of benzene rings is 1. The van der Waals surface area contributed by atoms with E-state index < -0.39 is 30.2 Å². The Balaban J connectivity index is 3.01. The van der Waals surface area contributed by atoms with Gasteiger partial charge in [0.1, 0.15) is 6.04 Å². The van der Waals surface area contributed by atoms with E-state index in [0.717, 1.165) is 16.7 Å². The van der Waals surface area contributed by atoms with Crippen molar-refractivity contribution in [3.63, 3.8) is 0 Å². The highest BCUT2D eigenvalue weighted by Gasteiger charge is 2.24. The zero-order valence-electron chi connectivity index (χ0n) is 11.7. The number of carboxylic acid groups (broad SMARTS) is 1. The average molecular weight is 278 g/mol. The van der Waals surface area contributed by atoms with Crippen molar-refractivity contribution in [1.29, 1.82) is 0 Å². The lowest BCUT2D eigenvalue weighted by Crippen LogP contribution is -2.43. The molecule has 4 N–H and O–H groups in total. The van der Waals surface area contributed by atoms with Crippen LogP contribution in [0.3, 0.4) is 0 Å². The van der Waals surface area contributed by atoms with Crippen molar-refractivity contribution in [3.05, 3.63) is 34.4 Å². The second-order valence-electron chi connectivity index (χ2n) is 4.81. The first-order chi connectivity index (χ1) is 9.22. The molecule has 1 rings (SSSR count). The maximum atomic E-state index is 12.2. The standard InChI is InChI=1S/C14H18N2O4/c1-7-4-8(2)12(9(3)5-7)13(18)16-10(14(19)20)6-11(15)17/h4-5,10H,6H2,1-3H3,(H2,15,17)(H,16,18)(H,19,20)/t10-/m0/s1. The second-order valence-corrected chi connectivity index (χ2v) is 4.81. The Morgan fingerprint density at radius 2 is 1.70 bits per heavy atom. The van der Waals surface area contributed by atoms with Crippen molar-refractivity contribution in [2.24, 2.45) is 5.73 Å². The van der Waals surface area contributed by atoms with Gasteiger partial charge in [-0.05, 0) is 31.9 Å². The largest absolute Gasteiger partial charge is 0.480 e. The molecule has 0 saturated heterocycles. The summed E-state index contributed by atoms with van der Waals surface area (Å²) in [5, 5.41) is 11.3. The zero-order chi connectivity index (χ0) is 15.4. The Labute approximate surface area is 117 Å². The fraction of sp³-hybridized carbons (Fsp3) is 0.357. The summed E-state index contributed by atoms with van der Waals surface area (Å²) in [6, 6.07) is 2.36. The Kier molecular flexibility index (Phi) is 4.85. The van der Waals surface area contributed by atoms with E-state index in [1.54, 1.807) is 13.8 Å². The van der Waals surface area contributed by atoms with Gasteiger partial charge in [0, 0.05) is 5.56 Å². The van der Waals surface area contributed by atoms with Crippen molar-refractivity contribution >= 4 is 17.8 Å². The van der Waals surface area contributed by atoms with Crippen LogP contribution in [0.5, 0.6) is 0 Å². The summed E-state index contributed by atoms with van der Waals surface area (Å²) in [5.41, 5.74) is 7.92. The van der Waals surface area contributed by atoms with Crippen molar-refractivity contribution < 1.29 is 19.5 Å². The summed E-state index contributed by atoms with van der Waals surface area (Å²) in [7, 11) is 0. The fourth-order valence-corrected chi connectivity index (χ4v) is 2.17. The van der Waals surface area contributed by atoms with Crippen LogP contribution >= 0.6 is 0 Å². The Morgan fingerprint density at radius 1 is 1.20 bits per heavy atom. The molecule has 20 heavy (non-hydrogen) atoms. The highest BCUT2D eigenvalue weighted by Crippen LogP contribution is 2.16. The highest BCUT2D eigenvalue weighted by molar-refractivity contribution is 5.99. The number of hydrogen-bond donors (Lipinski definition) is 3. The molecule has 0 fully saturated rings. The van der Waals surface area contributed by atoms with Crippen LogP contribution in [0.1, 0.15) is 33.5 Å². The molecule has 0 unspecified atom stereocenters. The SMILES string of the molecule is Cc1cc(C)c(C(=O)N[C@@H](CC(N)=O)C(=O)O)c(C)c1.